The van der Waals surface area contributed by atoms with E-state index in [0.29, 0.717) is 16.8 Å². The first-order valence-corrected chi connectivity index (χ1v) is 10.1. The molecule has 5 aromatic rings. The van der Waals surface area contributed by atoms with Crippen LogP contribution < -0.4 is 0 Å². The van der Waals surface area contributed by atoms with Crippen molar-refractivity contribution in [2.45, 2.75) is 13.7 Å². The number of benzene rings is 3. The molecule has 3 heteroatoms. The van der Waals surface area contributed by atoms with Crippen molar-refractivity contribution in [1.82, 2.24) is 9.97 Å². The van der Waals surface area contributed by atoms with E-state index in [0.717, 1.165) is 22.4 Å². The maximum Gasteiger partial charge on any atom is 0.0280 e. The maximum absolute atomic E-state index is 7.82. The van der Waals surface area contributed by atoms with Gasteiger partial charge in [-0.1, -0.05) is 48.5 Å². The predicted molar refractivity (Wildman–Crippen MR) is 132 cm³/mol. The van der Waals surface area contributed by atoms with E-state index in [1.165, 1.54) is 6.20 Å². The monoisotopic (exact) mass is 611 g/mol. The van der Waals surface area contributed by atoms with Gasteiger partial charge < -0.3 is 9.97 Å². The standard InChI is InChI=1S/C18H14N.C12H10N.Ir/c1-14-12-18(16-10-6-3-7-11-16)19-13-17(14)15-8-4-2-5-9-15;1-10-7-8-12(13-9-10)11-5-3-2-4-6-11;/h2-10,12-13H,1H3;2-5,7-9H,1H3;/q2*-1;/i2*1D3;. The fourth-order valence-corrected chi connectivity index (χ4v) is 3.11. The van der Waals surface area contributed by atoms with Crippen molar-refractivity contribution in [1.29, 1.82) is 0 Å². The molecule has 0 fully saturated rings. The number of hydrogen-bond donors (Lipinski definition) is 0. The molecule has 33 heavy (non-hydrogen) atoms. The molecule has 0 spiro atoms. The molecule has 165 valence electrons. The van der Waals surface area contributed by atoms with Gasteiger partial charge in [-0.15, -0.1) is 71.8 Å². The first-order valence-electron chi connectivity index (χ1n) is 13.1. The molecule has 2 nitrogen and oxygen atoms in total. The molecule has 0 saturated heterocycles. The van der Waals surface area contributed by atoms with E-state index >= 15 is 0 Å². The average Bonchev–Trinajstić information content (AvgIpc) is 2.94. The Morgan fingerprint density at radius 3 is 1.91 bits per heavy atom. The Morgan fingerprint density at radius 1 is 0.667 bits per heavy atom. The van der Waals surface area contributed by atoms with Crippen LogP contribution in [-0.4, -0.2) is 9.97 Å². The molecule has 1 radical (unpaired) electrons. The summed E-state index contributed by atoms with van der Waals surface area (Å²) in [5.41, 5.74) is 5.05. The maximum atomic E-state index is 7.82. The van der Waals surface area contributed by atoms with E-state index in [9.17, 15) is 0 Å². The minimum atomic E-state index is -2.20. The topological polar surface area (TPSA) is 25.8 Å². The Bertz CT molecular complexity index is 1460. The van der Waals surface area contributed by atoms with E-state index in [1.54, 1.807) is 36.5 Å². The smallest absolute Gasteiger partial charge is 0.0280 e. The van der Waals surface area contributed by atoms with Crippen LogP contribution in [0.5, 0.6) is 0 Å². The SMILES string of the molecule is [2H]C([2H])([2H])c1cc(-c2[c-]cccc2)ncc1-c1ccccc1.[2H]C([2H])([2H])c1ccc(-c2[c-]cccc2)nc1.[Ir]. The second-order valence-corrected chi connectivity index (χ2v) is 6.97. The summed E-state index contributed by atoms with van der Waals surface area (Å²) in [5.74, 6) is 0. The second-order valence-electron chi connectivity index (χ2n) is 6.97. The molecule has 2 heterocycles. The van der Waals surface area contributed by atoms with Crippen LogP contribution in [-0.2, 0) is 20.1 Å². The molecule has 0 aliphatic heterocycles. The zero-order chi connectivity index (χ0) is 27.2. The Kier molecular flexibility index (Phi) is 6.24. The summed E-state index contributed by atoms with van der Waals surface area (Å²) in [7, 11) is 0. The minimum absolute atomic E-state index is 0. The Morgan fingerprint density at radius 2 is 1.33 bits per heavy atom. The molecular formula is C30H24IrN2-2. The van der Waals surface area contributed by atoms with E-state index in [2.05, 4.69) is 22.1 Å². The van der Waals surface area contributed by atoms with Gasteiger partial charge >= 0.3 is 0 Å². The Labute approximate surface area is 218 Å². The number of aryl methyl sites for hydroxylation is 2. The Balaban J connectivity index is 0.000000220. The van der Waals surface area contributed by atoms with E-state index in [1.807, 2.05) is 66.7 Å². The van der Waals surface area contributed by atoms with Crippen LogP contribution in [0.3, 0.4) is 0 Å². The summed E-state index contributed by atoms with van der Waals surface area (Å²) in [6.07, 6.45) is 3.02. The zero-order valence-electron chi connectivity index (χ0n) is 23.6. The van der Waals surface area contributed by atoms with Crippen molar-refractivity contribution in [3.05, 3.63) is 133 Å². The van der Waals surface area contributed by atoms with Gasteiger partial charge in [-0.25, -0.2) is 0 Å². The van der Waals surface area contributed by atoms with E-state index in [4.69, 9.17) is 8.22 Å². The van der Waals surface area contributed by atoms with Crippen LogP contribution in [0, 0.1) is 25.8 Å². The van der Waals surface area contributed by atoms with Crippen LogP contribution in [0.15, 0.2) is 109 Å². The third-order valence-electron chi connectivity index (χ3n) is 4.72. The van der Waals surface area contributed by atoms with Gasteiger partial charge in [0.2, 0.25) is 0 Å². The number of rotatable bonds is 3. The summed E-state index contributed by atoms with van der Waals surface area (Å²) in [5, 5.41) is 0. The van der Waals surface area contributed by atoms with E-state index in [-0.39, 0.29) is 25.7 Å². The van der Waals surface area contributed by atoms with Gasteiger partial charge in [-0.2, -0.15) is 0 Å². The molecule has 0 amide bonds. The van der Waals surface area contributed by atoms with Crippen molar-refractivity contribution < 1.29 is 28.3 Å². The van der Waals surface area contributed by atoms with Gasteiger partial charge in [0.25, 0.3) is 0 Å². The number of nitrogens with zero attached hydrogens (tertiary/aromatic N) is 2. The summed E-state index contributed by atoms with van der Waals surface area (Å²) in [6.45, 7) is -4.29. The zero-order valence-corrected chi connectivity index (χ0v) is 20.0. The van der Waals surface area contributed by atoms with Gasteiger partial charge in [0, 0.05) is 46.3 Å². The van der Waals surface area contributed by atoms with Crippen LogP contribution >= 0.6 is 0 Å². The van der Waals surface area contributed by atoms with Crippen LogP contribution in [0.4, 0.5) is 0 Å². The third kappa shape index (κ3) is 6.55. The second kappa shape index (κ2) is 12.0. The number of hydrogen-bond acceptors (Lipinski definition) is 2. The van der Waals surface area contributed by atoms with E-state index < -0.39 is 13.7 Å². The molecule has 0 aliphatic rings. The largest absolute Gasteiger partial charge is 0.304 e. The average molecular weight is 611 g/mol. The number of aromatic nitrogens is 2. The molecule has 5 rings (SSSR count). The quantitative estimate of drug-likeness (QED) is 0.199. The predicted octanol–water partition coefficient (Wildman–Crippen LogP) is 7.38. The fourth-order valence-electron chi connectivity index (χ4n) is 3.11. The first kappa shape index (κ1) is 17.1. The van der Waals surface area contributed by atoms with Gasteiger partial charge in [-0.3, -0.25) is 0 Å². The summed E-state index contributed by atoms with van der Waals surface area (Å²) >= 11 is 0. The molecule has 0 N–H and O–H groups in total. The molecule has 2 aromatic heterocycles. The molecule has 0 aliphatic carbocycles. The van der Waals surface area contributed by atoms with Crippen molar-refractivity contribution >= 4 is 0 Å². The van der Waals surface area contributed by atoms with Crippen LogP contribution in [0.25, 0.3) is 33.6 Å². The van der Waals surface area contributed by atoms with Crippen molar-refractivity contribution in [2.24, 2.45) is 0 Å². The van der Waals surface area contributed by atoms with Crippen molar-refractivity contribution in [3.8, 4) is 33.6 Å². The molecule has 0 unspecified atom stereocenters. The van der Waals surface area contributed by atoms with Crippen LogP contribution in [0.1, 0.15) is 19.4 Å². The number of pyridine rings is 2. The minimum Gasteiger partial charge on any atom is -0.304 e. The molecular weight excluding hydrogens is 581 g/mol. The van der Waals surface area contributed by atoms with Crippen molar-refractivity contribution in [3.63, 3.8) is 0 Å². The summed E-state index contributed by atoms with van der Waals surface area (Å²) in [6, 6.07) is 35.4. The fraction of sp³-hybridized carbons (Fsp3) is 0.0667. The normalized spacial score (nSPS) is 13.3. The molecule has 3 aromatic carbocycles. The van der Waals surface area contributed by atoms with Gasteiger partial charge in [0.05, 0.1) is 0 Å². The van der Waals surface area contributed by atoms with Crippen molar-refractivity contribution in [2.75, 3.05) is 0 Å². The summed E-state index contributed by atoms with van der Waals surface area (Å²) < 4.78 is 45.2. The molecule has 0 saturated carbocycles. The first-order chi connectivity index (χ1) is 18.1. The molecule has 0 bridgehead atoms. The van der Waals surface area contributed by atoms with Crippen LogP contribution in [0.2, 0.25) is 0 Å². The summed E-state index contributed by atoms with van der Waals surface area (Å²) in [4.78, 5) is 8.54. The third-order valence-corrected chi connectivity index (χ3v) is 4.72. The van der Waals surface area contributed by atoms with Gasteiger partial charge in [0.15, 0.2) is 0 Å². The molecule has 0 atom stereocenters. The van der Waals surface area contributed by atoms with Gasteiger partial charge in [-0.05, 0) is 41.8 Å². The van der Waals surface area contributed by atoms with Gasteiger partial charge in [0.1, 0.15) is 0 Å². The Hall–Kier alpha value is -3.39.